The number of carbonyl (C=O) groups excluding carboxylic acids is 1. The fourth-order valence-electron chi connectivity index (χ4n) is 2.33. The van der Waals surface area contributed by atoms with Crippen molar-refractivity contribution in [3.63, 3.8) is 0 Å². The van der Waals surface area contributed by atoms with Gasteiger partial charge in [-0.1, -0.05) is 0 Å². The molecule has 1 aliphatic heterocycles. The average Bonchev–Trinajstić information content (AvgIpc) is 3.13. The van der Waals surface area contributed by atoms with Gasteiger partial charge < -0.3 is 15.0 Å². The lowest BCUT2D eigenvalue weighted by atomic mass is 10.2. The molecule has 3 rings (SSSR count). The Bertz CT molecular complexity index is 655. The van der Waals surface area contributed by atoms with Gasteiger partial charge in [0, 0.05) is 22.5 Å². The standard InChI is InChI=1S/C14H18N4O2S2/c1-9-7-21-13(17-9)11-6-20-4-3-18(11)14(19)15-5-12-10(2)16-8-22-12/h7-8,11H,3-6H2,1-2H3,(H,15,19)/t11-/m1/s1. The van der Waals surface area contributed by atoms with Crippen LogP contribution in [-0.2, 0) is 11.3 Å². The van der Waals surface area contributed by atoms with Crippen LogP contribution in [0.25, 0.3) is 0 Å². The molecule has 0 aliphatic carbocycles. The van der Waals surface area contributed by atoms with Crippen LogP contribution in [0.4, 0.5) is 4.79 Å². The molecule has 1 saturated heterocycles. The van der Waals surface area contributed by atoms with E-state index in [1.807, 2.05) is 24.1 Å². The van der Waals surface area contributed by atoms with Crippen molar-refractivity contribution in [2.75, 3.05) is 19.8 Å². The molecule has 3 heterocycles. The topological polar surface area (TPSA) is 67.3 Å². The molecule has 2 aromatic heterocycles. The second kappa shape index (κ2) is 6.72. The zero-order valence-electron chi connectivity index (χ0n) is 12.5. The third-order valence-electron chi connectivity index (χ3n) is 3.56. The Labute approximate surface area is 137 Å². The van der Waals surface area contributed by atoms with Gasteiger partial charge in [-0.15, -0.1) is 22.7 Å². The van der Waals surface area contributed by atoms with Gasteiger partial charge >= 0.3 is 6.03 Å². The van der Waals surface area contributed by atoms with Crippen LogP contribution >= 0.6 is 22.7 Å². The predicted molar refractivity (Wildman–Crippen MR) is 86.2 cm³/mol. The number of aromatic nitrogens is 2. The van der Waals surface area contributed by atoms with Gasteiger partial charge in [-0.2, -0.15) is 0 Å². The number of carbonyl (C=O) groups is 1. The molecule has 8 heteroatoms. The number of rotatable bonds is 3. The van der Waals surface area contributed by atoms with E-state index in [-0.39, 0.29) is 12.1 Å². The van der Waals surface area contributed by atoms with Crippen molar-refractivity contribution in [3.05, 3.63) is 32.2 Å². The van der Waals surface area contributed by atoms with Crippen LogP contribution in [0.1, 0.15) is 27.3 Å². The maximum atomic E-state index is 12.5. The molecule has 0 unspecified atom stereocenters. The van der Waals surface area contributed by atoms with Gasteiger partial charge in [-0.05, 0) is 13.8 Å². The van der Waals surface area contributed by atoms with Gasteiger partial charge in [-0.25, -0.2) is 14.8 Å². The Balaban J connectivity index is 1.67. The minimum atomic E-state index is -0.102. The molecular weight excluding hydrogens is 320 g/mol. The van der Waals surface area contributed by atoms with E-state index in [2.05, 4.69) is 15.3 Å². The van der Waals surface area contributed by atoms with Crippen LogP contribution in [0.5, 0.6) is 0 Å². The third kappa shape index (κ3) is 3.29. The highest BCUT2D eigenvalue weighted by molar-refractivity contribution is 7.10. The molecule has 118 valence electrons. The average molecular weight is 338 g/mol. The largest absolute Gasteiger partial charge is 0.377 e. The number of hydrogen-bond donors (Lipinski definition) is 1. The van der Waals surface area contributed by atoms with E-state index in [0.29, 0.717) is 26.3 Å². The van der Waals surface area contributed by atoms with Gasteiger partial charge in [0.25, 0.3) is 0 Å². The molecule has 2 amide bonds. The molecule has 0 bridgehead atoms. The normalized spacial score (nSPS) is 18.5. The lowest BCUT2D eigenvalue weighted by Gasteiger charge is -2.34. The Morgan fingerprint density at radius 2 is 2.36 bits per heavy atom. The first-order valence-electron chi connectivity index (χ1n) is 7.08. The Morgan fingerprint density at radius 3 is 3.05 bits per heavy atom. The number of ether oxygens (including phenoxy) is 1. The van der Waals surface area contributed by atoms with Crippen molar-refractivity contribution in [1.29, 1.82) is 0 Å². The number of morpholine rings is 1. The lowest BCUT2D eigenvalue weighted by Crippen LogP contribution is -2.47. The van der Waals surface area contributed by atoms with Crippen molar-refractivity contribution >= 4 is 28.7 Å². The van der Waals surface area contributed by atoms with E-state index >= 15 is 0 Å². The third-order valence-corrected chi connectivity index (χ3v) is 5.56. The first-order valence-corrected chi connectivity index (χ1v) is 8.84. The molecule has 1 atom stereocenters. The molecule has 0 aromatic carbocycles. The maximum absolute atomic E-state index is 12.5. The highest BCUT2D eigenvalue weighted by Gasteiger charge is 2.30. The fourth-order valence-corrected chi connectivity index (χ4v) is 3.94. The second-order valence-corrected chi connectivity index (χ2v) is 6.96. The van der Waals surface area contributed by atoms with Gasteiger partial charge in [0.1, 0.15) is 11.0 Å². The summed E-state index contributed by atoms with van der Waals surface area (Å²) >= 11 is 3.13. The molecule has 22 heavy (non-hydrogen) atoms. The minimum absolute atomic E-state index is 0.0750. The highest BCUT2D eigenvalue weighted by Crippen LogP contribution is 2.27. The fraction of sp³-hybridized carbons (Fsp3) is 0.500. The minimum Gasteiger partial charge on any atom is -0.377 e. The zero-order chi connectivity index (χ0) is 15.5. The number of nitrogens with one attached hydrogen (secondary N) is 1. The molecule has 1 N–H and O–H groups in total. The van der Waals surface area contributed by atoms with E-state index in [0.717, 1.165) is 21.3 Å². The monoisotopic (exact) mass is 338 g/mol. The molecule has 1 fully saturated rings. The number of aryl methyl sites for hydroxylation is 2. The summed E-state index contributed by atoms with van der Waals surface area (Å²) in [6.45, 7) is 6.06. The summed E-state index contributed by atoms with van der Waals surface area (Å²) in [6.07, 6.45) is 0. The van der Waals surface area contributed by atoms with Crippen LogP contribution in [0.2, 0.25) is 0 Å². The number of amides is 2. The van der Waals surface area contributed by atoms with Crippen LogP contribution < -0.4 is 5.32 Å². The summed E-state index contributed by atoms with van der Waals surface area (Å²) in [5.41, 5.74) is 3.75. The van der Waals surface area contributed by atoms with Gasteiger partial charge in [0.2, 0.25) is 0 Å². The van der Waals surface area contributed by atoms with Crippen LogP contribution in [0, 0.1) is 13.8 Å². The number of hydrogen-bond acceptors (Lipinski definition) is 6. The summed E-state index contributed by atoms with van der Waals surface area (Å²) in [5.74, 6) is 0. The van der Waals surface area contributed by atoms with E-state index < -0.39 is 0 Å². The van der Waals surface area contributed by atoms with Crippen molar-refractivity contribution in [1.82, 2.24) is 20.2 Å². The molecule has 0 saturated carbocycles. The summed E-state index contributed by atoms with van der Waals surface area (Å²) < 4.78 is 5.53. The quantitative estimate of drug-likeness (QED) is 0.934. The van der Waals surface area contributed by atoms with E-state index in [9.17, 15) is 4.79 Å². The summed E-state index contributed by atoms with van der Waals surface area (Å²) in [7, 11) is 0. The molecule has 0 spiro atoms. The number of urea groups is 1. The molecular formula is C14H18N4O2S2. The zero-order valence-corrected chi connectivity index (χ0v) is 14.2. The number of nitrogens with zero attached hydrogens (tertiary/aromatic N) is 3. The van der Waals surface area contributed by atoms with E-state index in [4.69, 9.17) is 4.74 Å². The smallest absolute Gasteiger partial charge is 0.318 e. The summed E-state index contributed by atoms with van der Waals surface area (Å²) in [4.78, 5) is 24.1. The first kappa shape index (κ1) is 15.4. The van der Waals surface area contributed by atoms with Crippen LogP contribution in [-0.4, -0.2) is 40.7 Å². The van der Waals surface area contributed by atoms with Crippen LogP contribution in [0.15, 0.2) is 10.9 Å². The van der Waals surface area contributed by atoms with Gasteiger partial charge in [-0.3, -0.25) is 0 Å². The van der Waals surface area contributed by atoms with Gasteiger partial charge in [0.05, 0.1) is 31.0 Å². The second-order valence-electron chi connectivity index (χ2n) is 5.13. The molecule has 2 aromatic rings. The van der Waals surface area contributed by atoms with Crippen LogP contribution in [0.3, 0.4) is 0 Å². The summed E-state index contributed by atoms with van der Waals surface area (Å²) in [5, 5.41) is 5.91. The molecule has 6 nitrogen and oxygen atoms in total. The highest BCUT2D eigenvalue weighted by atomic mass is 32.1. The lowest BCUT2D eigenvalue weighted by molar-refractivity contribution is 0.0115. The Morgan fingerprint density at radius 1 is 1.50 bits per heavy atom. The Kier molecular flexibility index (Phi) is 4.70. The van der Waals surface area contributed by atoms with Gasteiger partial charge in [0.15, 0.2) is 0 Å². The van der Waals surface area contributed by atoms with Crippen molar-refractivity contribution in [3.8, 4) is 0 Å². The Hall–Kier alpha value is -1.51. The van der Waals surface area contributed by atoms with E-state index in [1.165, 1.54) is 0 Å². The maximum Gasteiger partial charge on any atom is 0.318 e. The number of thiazole rings is 2. The molecule has 1 aliphatic rings. The van der Waals surface area contributed by atoms with E-state index in [1.54, 1.807) is 28.2 Å². The molecule has 0 radical (unpaired) electrons. The van der Waals surface area contributed by atoms with Crippen molar-refractivity contribution in [2.45, 2.75) is 26.4 Å². The first-order chi connectivity index (χ1) is 10.6. The van der Waals surface area contributed by atoms with Crippen molar-refractivity contribution in [2.24, 2.45) is 0 Å². The van der Waals surface area contributed by atoms with Crippen molar-refractivity contribution < 1.29 is 9.53 Å². The SMILES string of the molecule is Cc1csc([C@H]2COCCN2C(=O)NCc2scnc2C)n1. The summed E-state index contributed by atoms with van der Waals surface area (Å²) in [6, 6.07) is -0.177. The predicted octanol–water partition coefficient (Wildman–Crippen LogP) is 2.50.